The van der Waals surface area contributed by atoms with E-state index < -0.39 is 0 Å². The molecule has 0 aromatic rings. The van der Waals surface area contributed by atoms with E-state index in [-0.39, 0.29) is 0 Å². The molecule has 12 N–H and O–H groups in total. The lowest BCUT2D eigenvalue weighted by molar-refractivity contribution is 0.243. The van der Waals surface area contributed by atoms with Gasteiger partial charge in [-0.1, -0.05) is 0 Å². The molecule has 3 aliphatic heterocycles. The molecule has 0 unspecified atom stereocenters. The lowest BCUT2D eigenvalue weighted by Gasteiger charge is -2.26. The number of hydrogen-bond donors (Lipinski definition) is 12. The van der Waals surface area contributed by atoms with Gasteiger partial charge >= 0.3 is 0 Å². The third-order valence-corrected chi connectivity index (χ3v) is 11.5. The van der Waals surface area contributed by atoms with Crippen molar-refractivity contribution in [2.75, 3.05) is 236 Å². The number of rotatable bonds is 18. The van der Waals surface area contributed by atoms with Gasteiger partial charge in [-0.2, -0.15) is 0 Å². The first-order valence-corrected chi connectivity index (χ1v) is 24.3. The molecule has 0 aromatic heterocycles. The molecule has 0 radical (unpaired) electrons. The Labute approximate surface area is 356 Å². The average molecular weight is 825 g/mol. The lowest BCUT2D eigenvalue weighted by Crippen LogP contribution is -2.44. The average Bonchev–Trinajstić information content (AvgIpc) is 3.23. The van der Waals surface area contributed by atoms with Gasteiger partial charge in [-0.3, -0.25) is 4.90 Å². The van der Waals surface area contributed by atoms with Crippen molar-refractivity contribution in [3.05, 3.63) is 0 Å². The number of hydrogen-bond acceptors (Lipinski definition) is 16. The van der Waals surface area contributed by atoms with Gasteiger partial charge in [0.25, 0.3) is 0 Å². The molecule has 3 fully saturated rings. The summed E-state index contributed by atoms with van der Waals surface area (Å²) in [7, 11) is 0. The SMILES string of the molecule is C1CNCCNCCCN(CCNCCN(CCNCCN2CCCNCCNCCCNCC2)CCNCCN2CCCNCCNCCCNCC2)CCNC1. The summed E-state index contributed by atoms with van der Waals surface area (Å²) in [6, 6.07) is 0. The van der Waals surface area contributed by atoms with Crippen molar-refractivity contribution in [2.24, 2.45) is 0 Å². The van der Waals surface area contributed by atoms with Crippen LogP contribution in [0.25, 0.3) is 0 Å². The topological polar surface area (TPSA) is 157 Å². The minimum Gasteiger partial charge on any atom is -0.315 e. The van der Waals surface area contributed by atoms with Crippen LogP contribution in [-0.2, 0) is 0 Å². The molecule has 0 aliphatic carbocycles. The zero-order valence-corrected chi connectivity index (χ0v) is 37.5. The fraction of sp³-hybridized carbons (Fsp3) is 1.00. The van der Waals surface area contributed by atoms with Crippen LogP contribution in [0, 0.1) is 0 Å². The third-order valence-electron chi connectivity index (χ3n) is 11.5. The predicted octanol–water partition coefficient (Wildman–Crippen LogP) is -3.35. The van der Waals surface area contributed by atoms with Crippen LogP contribution in [0.15, 0.2) is 0 Å². The molecule has 0 bridgehead atoms. The van der Waals surface area contributed by atoms with Gasteiger partial charge in [0.1, 0.15) is 0 Å². The normalized spacial score (nSPS) is 22.5. The smallest absolute Gasteiger partial charge is 0.0108 e. The zero-order chi connectivity index (χ0) is 40.5. The highest BCUT2D eigenvalue weighted by molar-refractivity contribution is 4.71. The fourth-order valence-electron chi connectivity index (χ4n) is 7.80. The van der Waals surface area contributed by atoms with Crippen LogP contribution in [-0.4, -0.2) is 255 Å². The van der Waals surface area contributed by atoms with Gasteiger partial charge in [-0.25, -0.2) is 0 Å². The Morgan fingerprint density at radius 2 is 0.534 bits per heavy atom. The van der Waals surface area contributed by atoms with Gasteiger partial charge in [0.05, 0.1) is 0 Å². The van der Waals surface area contributed by atoms with Crippen molar-refractivity contribution >= 4 is 0 Å². The molecule has 0 aromatic carbocycles. The summed E-state index contributed by atoms with van der Waals surface area (Å²) in [5.74, 6) is 0. The molecule has 0 saturated carbocycles. The molecule has 344 valence electrons. The zero-order valence-electron chi connectivity index (χ0n) is 37.5. The van der Waals surface area contributed by atoms with E-state index in [1.165, 1.54) is 58.2 Å². The van der Waals surface area contributed by atoms with Crippen molar-refractivity contribution in [1.82, 2.24) is 83.4 Å². The maximum atomic E-state index is 3.82. The number of nitrogens with one attached hydrogen (secondary N) is 12. The summed E-state index contributed by atoms with van der Waals surface area (Å²) < 4.78 is 0. The van der Waals surface area contributed by atoms with Crippen LogP contribution in [0.4, 0.5) is 0 Å². The quantitative estimate of drug-likeness (QED) is 0.0623. The Balaban J connectivity index is 1.38. The molecule has 3 saturated heterocycles. The summed E-state index contributed by atoms with van der Waals surface area (Å²) in [5.41, 5.74) is 0. The van der Waals surface area contributed by atoms with E-state index in [1.807, 2.05) is 0 Å². The van der Waals surface area contributed by atoms with Crippen LogP contribution in [0.5, 0.6) is 0 Å². The van der Waals surface area contributed by atoms with Crippen LogP contribution >= 0.6 is 0 Å². The van der Waals surface area contributed by atoms with E-state index >= 15 is 0 Å². The van der Waals surface area contributed by atoms with E-state index in [0.717, 1.165) is 216 Å². The van der Waals surface area contributed by atoms with Gasteiger partial charge in [0, 0.05) is 157 Å². The van der Waals surface area contributed by atoms with Gasteiger partial charge < -0.3 is 78.5 Å². The molecular formula is C42H96N16. The predicted molar refractivity (Wildman–Crippen MR) is 248 cm³/mol. The Kier molecular flexibility index (Phi) is 36.0. The minimum atomic E-state index is 1.04. The van der Waals surface area contributed by atoms with Crippen LogP contribution in [0.2, 0.25) is 0 Å². The van der Waals surface area contributed by atoms with Crippen LogP contribution in [0.1, 0.15) is 38.5 Å². The summed E-state index contributed by atoms with van der Waals surface area (Å²) in [6.45, 7) is 39.3. The Hall–Kier alpha value is -0.640. The maximum Gasteiger partial charge on any atom is 0.0108 e. The second-order valence-electron chi connectivity index (χ2n) is 16.5. The summed E-state index contributed by atoms with van der Waals surface area (Å²) >= 11 is 0. The Bertz CT molecular complexity index is 701. The fourth-order valence-corrected chi connectivity index (χ4v) is 7.80. The van der Waals surface area contributed by atoms with E-state index in [4.69, 9.17) is 0 Å². The molecule has 0 amide bonds. The van der Waals surface area contributed by atoms with Gasteiger partial charge in [-0.15, -0.1) is 0 Å². The van der Waals surface area contributed by atoms with E-state index in [2.05, 4.69) is 83.4 Å². The first-order chi connectivity index (χ1) is 28.9. The van der Waals surface area contributed by atoms with Gasteiger partial charge in [0.15, 0.2) is 0 Å². The molecule has 0 atom stereocenters. The second-order valence-corrected chi connectivity index (χ2v) is 16.5. The molecule has 16 nitrogen and oxygen atoms in total. The van der Waals surface area contributed by atoms with Crippen LogP contribution < -0.4 is 63.8 Å². The summed E-state index contributed by atoms with van der Waals surface area (Å²) in [5, 5.41) is 43.9. The Morgan fingerprint density at radius 1 is 0.276 bits per heavy atom. The molecular weight excluding hydrogens is 729 g/mol. The third kappa shape index (κ3) is 32.1. The van der Waals surface area contributed by atoms with E-state index in [0.29, 0.717) is 0 Å². The van der Waals surface area contributed by atoms with Gasteiger partial charge in [0.2, 0.25) is 0 Å². The second kappa shape index (κ2) is 40.4. The largest absolute Gasteiger partial charge is 0.315 e. The Morgan fingerprint density at radius 3 is 0.828 bits per heavy atom. The van der Waals surface area contributed by atoms with E-state index in [9.17, 15) is 0 Å². The molecule has 3 heterocycles. The minimum absolute atomic E-state index is 1.04. The highest BCUT2D eigenvalue weighted by atomic mass is 15.2. The molecule has 3 rings (SSSR count). The van der Waals surface area contributed by atoms with Crippen molar-refractivity contribution < 1.29 is 0 Å². The van der Waals surface area contributed by atoms with Crippen molar-refractivity contribution in [1.29, 1.82) is 0 Å². The van der Waals surface area contributed by atoms with Crippen LogP contribution in [0.3, 0.4) is 0 Å². The summed E-state index contributed by atoms with van der Waals surface area (Å²) in [4.78, 5) is 10.6. The van der Waals surface area contributed by atoms with Crippen molar-refractivity contribution in [2.45, 2.75) is 38.5 Å². The first kappa shape index (κ1) is 51.7. The monoisotopic (exact) mass is 825 g/mol. The molecule has 3 aliphatic rings. The number of nitrogens with zero attached hydrogens (tertiary/aromatic N) is 4. The standard InChI is InChI=1S/C42H96N16/c1-7-43-16-19-46-13-4-31-55(34-22-49-10-1)37-25-52-28-40-58(41-29-53-26-38-56-32-5-14-47-20-17-44-8-2-11-50-23-35-56)42-30-54-27-39-57-33-6-15-48-21-18-45-9-3-12-51-24-36-57/h43-54H,1-42H2. The van der Waals surface area contributed by atoms with Crippen molar-refractivity contribution in [3.63, 3.8) is 0 Å². The highest BCUT2D eigenvalue weighted by Gasteiger charge is 2.10. The van der Waals surface area contributed by atoms with Gasteiger partial charge in [-0.05, 0) is 117 Å². The lowest BCUT2D eigenvalue weighted by atomic mass is 10.3. The van der Waals surface area contributed by atoms with Crippen molar-refractivity contribution in [3.8, 4) is 0 Å². The highest BCUT2D eigenvalue weighted by Crippen LogP contribution is 1.95. The molecule has 16 heteroatoms. The summed E-state index contributed by atoms with van der Waals surface area (Å²) in [6.07, 6.45) is 7.22. The first-order valence-electron chi connectivity index (χ1n) is 24.3. The van der Waals surface area contributed by atoms with E-state index in [1.54, 1.807) is 0 Å². The maximum absolute atomic E-state index is 3.82. The molecule has 0 spiro atoms. The molecule has 58 heavy (non-hydrogen) atoms.